The van der Waals surface area contributed by atoms with Gasteiger partial charge in [-0.3, -0.25) is 4.79 Å². The molecule has 0 bridgehead atoms. The molecular weight excluding hydrogens is 248 g/mol. The fourth-order valence-electron chi connectivity index (χ4n) is 1.91. The number of carbonyl (C=O) groups excluding carboxylic acids is 1. The molecule has 1 unspecified atom stereocenters. The number of hydrogen-bond acceptors (Lipinski definition) is 5. The van der Waals surface area contributed by atoms with Crippen molar-refractivity contribution in [3.05, 3.63) is 11.9 Å². The lowest BCUT2D eigenvalue weighted by molar-refractivity contribution is -0.138. The molecule has 2 heterocycles. The summed E-state index contributed by atoms with van der Waals surface area (Å²) < 4.78 is 6.71. The van der Waals surface area contributed by atoms with Gasteiger partial charge in [0.2, 0.25) is 5.91 Å². The van der Waals surface area contributed by atoms with Crippen molar-refractivity contribution in [2.45, 2.75) is 32.4 Å². The van der Waals surface area contributed by atoms with Crippen LogP contribution in [0.15, 0.2) is 6.20 Å². The molecule has 1 fully saturated rings. The Balaban J connectivity index is 2.08. The molecule has 1 amide bonds. The lowest BCUT2D eigenvalue weighted by Crippen LogP contribution is -2.43. The summed E-state index contributed by atoms with van der Waals surface area (Å²) in [5.74, 6) is -0.00417. The average Bonchev–Trinajstić information content (AvgIpc) is 2.87. The van der Waals surface area contributed by atoms with Gasteiger partial charge in [-0.05, 0) is 20.8 Å². The molecule has 1 N–H and O–H groups in total. The molecule has 7 heteroatoms. The second kappa shape index (κ2) is 5.26. The summed E-state index contributed by atoms with van der Waals surface area (Å²) >= 11 is 0. The minimum atomic E-state index is -1.06. The molecule has 1 aliphatic heterocycles. The van der Waals surface area contributed by atoms with E-state index >= 15 is 0 Å². The van der Waals surface area contributed by atoms with Crippen molar-refractivity contribution in [1.29, 1.82) is 0 Å². The van der Waals surface area contributed by atoms with Gasteiger partial charge in [-0.15, -0.1) is 5.10 Å². The predicted octanol–water partition coefficient (Wildman–Crippen LogP) is -0.0747. The summed E-state index contributed by atoms with van der Waals surface area (Å²) in [6, 6.07) is -0.429. The summed E-state index contributed by atoms with van der Waals surface area (Å²) in [7, 11) is 0. The van der Waals surface area contributed by atoms with Crippen molar-refractivity contribution < 1.29 is 14.6 Å². The van der Waals surface area contributed by atoms with Crippen molar-refractivity contribution in [3.63, 3.8) is 0 Å². The van der Waals surface area contributed by atoms with E-state index in [9.17, 15) is 9.90 Å². The lowest BCUT2D eigenvalue weighted by Gasteiger charge is -2.29. The Kier molecular flexibility index (Phi) is 3.86. The van der Waals surface area contributed by atoms with Gasteiger partial charge in [-0.2, -0.15) is 0 Å². The molecule has 19 heavy (non-hydrogen) atoms. The van der Waals surface area contributed by atoms with E-state index in [0.29, 0.717) is 32.0 Å². The molecule has 1 aliphatic rings. The number of ether oxygens (including phenoxy) is 1. The van der Waals surface area contributed by atoms with E-state index in [1.807, 2.05) is 0 Å². The smallest absolute Gasteiger partial charge is 0.247 e. The van der Waals surface area contributed by atoms with Crippen LogP contribution in [0.5, 0.6) is 0 Å². The summed E-state index contributed by atoms with van der Waals surface area (Å²) in [6.07, 6.45) is 1.61. The van der Waals surface area contributed by atoms with Gasteiger partial charge in [0, 0.05) is 13.1 Å². The number of aliphatic hydroxyl groups is 1. The molecule has 1 aromatic heterocycles. The van der Waals surface area contributed by atoms with Crippen molar-refractivity contribution in [2.24, 2.45) is 0 Å². The lowest BCUT2D eigenvalue weighted by atomic mass is 10.1. The highest BCUT2D eigenvalue weighted by molar-refractivity contribution is 5.80. The second-order valence-electron chi connectivity index (χ2n) is 5.26. The Bertz CT molecular complexity index is 446. The molecule has 106 valence electrons. The summed E-state index contributed by atoms with van der Waals surface area (Å²) in [5, 5.41) is 17.7. The van der Waals surface area contributed by atoms with Gasteiger partial charge in [0.1, 0.15) is 17.3 Å². The first-order valence-corrected chi connectivity index (χ1v) is 6.41. The molecule has 1 saturated heterocycles. The van der Waals surface area contributed by atoms with Gasteiger partial charge < -0.3 is 14.7 Å². The number of rotatable bonds is 3. The van der Waals surface area contributed by atoms with Gasteiger partial charge in [0.05, 0.1) is 19.4 Å². The Labute approximate surface area is 112 Å². The van der Waals surface area contributed by atoms with E-state index in [1.54, 1.807) is 31.9 Å². The highest BCUT2D eigenvalue weighted by atomic mass is 16.5. The molecule has 7 nitrogen and oxygen atoms in total. The van der Waals surface area contributed by atoms with E-state index in [1.165, 1.54) is 4.68 Å². The maximum absolute atomic E-state index is 12.3. The third kappa shape index (κ3) is 3.10. The topological polar surface area (TPSA) is 80.5 Å². The van der Waals surface area contributed by atoms with E-state index in [4.69, 9.17) is 4.74 Å². The van der Waals surface area contributed by atoms with Gasteiger partial charge in [0.25, 0.3) is 0 Å². The summed E-state index contributed by atoms with van der Waals surface area (Å²) in [5.41, 5.74) is -0.603. The molecule has 0 spiro atoms. The first-order chi connectivity index (χ1) is 8.89. The first kappa shape index (κ1) is 14.0. The Morgan fingerprint density at radius 2 is 2.11 bits per heavy atom. The van der Waals surface area contributed by atoms with Gasteiger partial charge in [-0.25, -0.2) is 4.68 Å². The molecule has 1 atom stereocenters. The number of aromatic nitrogens is 3. The number of carbonyl (C=O) groups is 1. The third-order valence-electron chi connectivity index (χ3n) is 3.21. The first-order valence-electron chi connectivity index (χ1n) is 6.41. The quantitative estimate of drug-likeness (QED) is 0.829. The monoisotopic (exact) mass is 268 g/mol. The highest BCUT2D eigenvalue weighted by Crippen LogP contribution is 2.18. The van der Waals surface area contributed by atoms with Crippen LogP contribution >= 0.6 is 0 Å². The van der Waals surface area contributed by atoms with Crippen molar-refractivity contribution in [1.82, 2.24) is 19.9 Å². The van der Waals surface area contributed by atoms with Crippen LogP contribution in [0.4, 0.5) is 0 Å². The fourth-order valence-corrected chi connectivity index (χ4v) is 1.91. The molecular formula is C12H20N4O3. The average molecular weight is 268 g/mol. The predicted molar refractivity (Wildman–Crippen MR) is 67.4 cm³/mol. The van der Waals surface area contributed by atoms with Gasteiger partial charge in [-0.1, -0.05) is 5.21 Å². The molecule has 0 aliphatic carbocycles. The zero-order valence-corrected chi connectivity index (χ0v) is 11.5. The standard InChI is InChI=1S/C12H20N4O3/c1-9(11(17)15-4-6-19-7-5-15)16-8-10(13-14-16)12(2,3)18/h8-9,18H,4-7H2,1-3H3. The van der Waals surface area contributed by atoms with Crippen LogP contribution in [-0.2, 0) is 15.1 Å². The Hall–Kier alpha value is -1.47. The fraction of sp³-hybridized carbons (Fsp3) is 0.750. The van der Waals surface area contributed by atoms with Crippen LogP contribution in [0, 0.1) is 0 Å². The maximum atomic E-state index is 12.3. The Morgan fingerprint density at radius 1 is 1.47 bits per heavy atom. The van der Waals surface area contributed by atoms with Crippen LogP contribution in [0.2, 0.25) is 0 Å². The van der Waals surface area contributed by atoms with E-state index < -0.39 is 11.6 Å². The molecule has 1 aromatic rings. The number of morpholine rings is 1. The largest absolute Gasteiger partial charge is 0.384 e. The normalized spacial score (nSPS) is 18.4. The van der Waals surface area contributed by atoms with E-state index in [2.05, 4.69) is 10.3 Å². The maximum Gasteiger partial charge on any atom is 0.247 e. The Morgan fingerprint density at radius 3 is 2.63 bits per heavy atom. The molecule has 0 radical (unpaired) electrons. The second-order valence-corrected chi connectivity index (χ2v) is 5.26. The number of nitrogens with zero attached hydrogens (tertiary/aromatic N) is 4. The number of hydrogen-bond donors (Lipinski definition) is 1. The van der Waals surface area contributed by atoms with Crippen molar-refractivity contribution in [3.8, 4) is 0 Å². The van der Waals surface area contributed by atoms with Gasteiger partial charge >= 0.3 is 0 Å². The number of amides is 1. The SMILES string of the molecule is CC(C(=O)N1CCOCC1)n1cc(C(C)(C)O)nn1. The third-order valence-corrected chi connectivity index (χ3v) is 3.21. The van der Waals surface area contributed by atoms with Crippen LogP contribution in [0.25, 0.3) is 0 Å². The van der Waals surface area contributed by atoms with Crippen LogP contribution in [0.3, 0.4) is 0 Å². The zero-order chi connectivity index (χ0) is 14.0. The van der Waals surface area contributed by atoms with Crippen LogP contribution in [-0.4, -0.2) is 57.2 Å². The molecule has 0 aromatic carbocycles. The summed E-state index contributed by atoms with van der Waals surface area (Å²) in [4.78, 5) is 14.0. The highest BCUT2D eigenvalue weighted by Gasteiger charge is 2.27. The van der Waals surface area contributed by atoms with Crippen molar-refractivity contribution >= 4 is 5.91 Å². The van der Waals surface area contributed by atoms with Crippen LogP contribution in [0.1, 0.15) is 32.5 Å². The van der Waals surface area contributed by atoms with Crippen molar-refractivity contribution in [2.75, 3.05) is 26.3 Å². The van der Waals surface area contributed by atoms with E-state index in [-0.39, 0.29) is 5.91 Å². The molecule has 2 rings (SSSR count). The van der Waals surface area contributed by atoms with Gasteiger partial charge in [0.15, 0.2) is 0 Å². The molecule has 0 saturated carbocycles. The minimum absolute atomic E-state index is 0.00417. The van der Waals surface area contributed by atoms with Crippen LogP contribution < -0.4 is 0 Å². The minimum Gasteiger partial charge on any atom is -0.384 e. The summed E-state index contributed by atoms with van der Waals surface area (Å²) in [6.45, 7) is 7.41. The zero-order valence-electron chi connectivity index (χ0n) is 11.5. The van der Waals surface area contributed by atoms with E-state index in [0.717, 1.165) is 0 Å².